The zero-order valence-corrected chi connectivity index (χ0v) is 15.3. The van der Waals surface area contributed by atoms with E-state index in [1.54, 1.807) is 56.3 Å². The fraction of sp³-hybridized carbons (Fsp3) is 0.300. The molecule has 6 heteroatoms. The molecule has 0 amide bonds. The first-order chi connectivity index (χ1) is 12.4. The molecule has 0 N–H and O–H groups in total. The van der Waals surface area contributed by atoms with Gasteiger partial charge in [-0.25, -0.2) is 9.59 Å². The Hall–Kier alpha value is -3.02. The Morgan fingerprint density at radius 1 is 0.846 bits per heavy atom. The van der Waals surface area contributed by atoms with Crippen molar-refractivity contribution in [3.8, 4) is 11.5 Å². The summed E-state index contributed by atoms with van der Waals surface area (Å²) >= 11 is 0. The van der Waals surface area contributed by atoms with Crippen LogP contribution < -0.4 is 9.47 Å². The molecule has 0 fully saturated rings. The summed E-state index contributed by atoms with van der Waals surface area (Å²) in [6.45, 7) is 3.67. The highest BCUT2D eigenvalue weighted by molar-refractivity contribution is 5.90. The molecule has 0 aliphatic rings. The second-order valence-electron chi connectivity index (χ2n) is 5.80. The maximum Gasteiger partial charge on any atom is 0.338 e. The molecule has 0 bridgehead atoms. The van der Waals surface area contributed by atoms with Gasteiger partial charge in [-0.3, -0.25) is 0 Å². The maximum absolute atomic E-state index is 12.2. The quantitative estimate of drug-likeness (QED) is 0.704. The van der Waals surface area contributed by atoms with Crippen LogP contribution >= 0.6 is 0 Å². The van der Waals surface area contributed by atoms with E-state index < -0.39 is 5.97 Å². The van der Waals surface area contributed by atoms with Gasteiger partial charge in [-0.2, -0.15) is 0 Å². The van der Waals surface area contributed by atoms with Crippen molar-refractivity contribution in [3.05, 3.63) is 59.2 Å². The highest BCUT2D eigenvalue weighted by Crippen LogP contribution is 2.27. The number of benzene rings is 2. The van der Waals surface area contributed by atoms with Gasteiger partial charge in [0.25, 0.3) is 0 Å². The smallest absolute Gasteiger partial charge is 0.338 e. The normalized spacial score (nSPS) is 10.3. The van der Waals surface area contributed by atoms with Gasteiger partial charge in [-0.15, -0.1) is 0 Å². The van der Waals surface area contributed by atoms with Crippen LogP contribution in [0.15, 0.2) is 42.5 Å². The lowest BCUT2D eigenvalue weighted by molar-refractivity contribution is 0.0376. The molecule has 0 saturated heterocycles. The first-order valence-corrected chi connectivity index (χ1v) is 8.13. The van der Waals surface area contributed by atoms with Crippen LogP contribution in [0.1, 0.15) is 40.1 Å². The zero-order chi connectivity index (χ0) is 19.1. The van der Waals surface area contributed by atoms with E-state index >= 15 is 0 Å². The van der Waals surface area contributed by atoms with E-state index in [-0.39, 0.29) is 18.7 Å². The molecule has 2 aromatic rings. The average Bonchev–Trinajstić information content (AvgIpc) is 2.65. The number of hydrogen-bond donors (Lipinski definition) is 0. The van der Waals surface area contributed by atoms with Crippen molar-refractivity contribution >= 4 is 11.9 Å². The van der Waals surface area contributed by atoms with Crippen LogP contribution in [-0.4, -0.2) is 32.3 Å². The lowest BCUT2D eigenvalue weighted by Gasteiger charge is -2.10. The van der Waals surface area contributed by atoms with Crippen LogP contribution in [-0.2, 0) is 16.1 Å². The van der Waals surface area contributed by atoms with E-state index in [4.69, 9.17) is 18.9 Å². The molecule has 0 aromatic heterocycles. The zero-order valence-electron chi connectivity index (χ0n) is 15.3. The van der Waals surface area contributed by atoms with Crippen LogP contribution in [0.5, 0.6) is 11.5 Å². The van der Waals surface area contributed by atoms with Crippen molar-refractivity contribution in [3.63, 3.8) is 0 Å². The van der Waals surface area contributed by atoms with Gasteiger partial charge in [0.15, 0.2) is 11.5 Å². The molecular formula is C20H22O6. The summed E-state index contributed by atoms with van der Waals surface area (Å²) in [5, 5.41) is 0. The highest BCUT2D eigenvalue weighted by Gasteiger charge is 2.13. The van der Waals surface area contributed by atoms with E-state index in [0.29, 0.717) is 22.6 Å². The summed E-state index contributed by atoms with van der Waals surface area (Å²) in [6.07, 6.45) is -0.176. The Morgan fingerprint density at radius 2 is 1.46 bits per heavy atom. The predicted molar refractivity (Wildman–Crippen MR) is 95.7 cm³/mol. The van der Waals surface area contributed by atoms with Gasteiger partial charge in [0.1, 0.15) is 6.61 Å². The molecule has 6 nitrogen and oxygen atoms in total. The Bertz CT molecular complexity index is 764. The van der Waals surface area contributed by atoms with Crippen LogP contribution in [0.2, 0.25) is 0 Å². The van der Waals surface area contributed by atoms with E-state index in [9.17, 15) is 9.59 Å². The molecule has 0 spiro atoms. The molecule has 138 valence electrons. The van der Waals surface area contributed by atoms with Gasteiger partial charge in [-0.05, 0) is 49.7 Å². The summed E-state index contributed by atoms with van der Waals surface area (Å²) in [4.78, 5) is 24.0. The third-order valence-electron chi connectivity index (χ3n) is 3.52. The highest BCUT2D eigenvalue weighted by atomic mass is 16.5. The number of ether oxygens (including phenoxy) is 4. The SMILES string of the molecule is COc1ccc(C(=O)OCc2ccc(C(=O)OC(C)C)cc2)cc1OC. The minimum absolute atomic E-state index is 0.0900. The maximum atomic E-state index is 12.2. The van der Waals surface area contributed by atoms with Crippen molar-refractivity contribution < 1.29 is 28.5 Å². The second kappa shape index (κ2) is 8.89. The molecular weight excluding hydrogens is 336 g/mol. The molecule has 0 aliphatic carbocycles. The van der Waals surface area contributed by atoms with Gasteiger partial charge < -0.3 is 18.9 Å². The van der Waals surface area contributed by atoms with E-state index in [2.05, 4.69) is 0 Å². The molecule has 0 atom stereocenters. The molecule has 2 rings (SSSR count). The molecule has 0 heterocycles. The predicted octanol–water partition coefficient (Wildman–Crippen LogP) is 3.63. The second-order valence-corrected chi connectivity index (χ2v) is 5.80. The van der Waals surface area contributed by atoms with Crippen molar-refractivity contribution in [2.24, 2.45) is 0 Å². The summed E-state index contributed by atoms with van der Waals surface area (Å²) in [7, 11) is 3.02. The summed E-state index contributed by atoms with van der Waals surface area (Å²) in [5.41, 5.74) is 1.58. The number of rotatable bonds is 7. The molecule has 0 aliphatic heterocycles. The third kappa shape index (κ3) is 4.99. The first kappa shape index (κ1) is 19.3. The topological polar surface area (TPSA) is 71.1 Å². The Labute approximate surface area is 152 Å². The summed E-state index contributed by atoms with van der Waals surface area (Å²) in [6, 6.07) is 11.5. The van der Waals surface area contributed by atoms with Gasteiger partial charge in [0, 0.05) is 0 Å². The van der Waals surface area contributed by atoms with E-state index in [1.807, 2.05) is 0 Å². The van der Waals surface area contributed by atoms with Gasteiger partial charge in [0.2, 0.25) is 0 Å². The fourth-order valence-electron chi connectivity index (χ4n) is 2.21. The van der Waals surface area contributed by atoms with Gasteiger partial charge >= 0.3 is 11.9 Å². The summed E-state index contributed by atoms with van der Waals surface area (Å²) in [5.74, 6) is 0.131. The van der Waals surface area contributed by atoms with Crippen molar-refractivity contribution in [1.82, 2.24) is 0 Å². The van der Waals surface area contributed by atoms with Gasteiger partial charge in [-0.1, -0.05) is 12.1 Å². The lowest BCUT2D eigenvalue weighted by Crippen LogP contribution is -2.11. The fourth-order valence-corrected chi connectivity index (χ4v) is 2.21. The number of methoxy groups -OCH3 is 2. The lowest BCUT2D eigenvalue weighted by atomic mass is 10.1. The van der Waals surface area contributed by atoms with E-state index in [0.717, 1.165) is 5.56 Å². The molecule has 0 radical (unpaired) electrons. The average molecular weight is 358 g/mol. The number of carbonyl (C=O) groups excluding carboxylic acids is 2. The van der Waals surface area contributed by atoms with Crippen molar-refractivity contribution in [2.75, 3.05) is 14.2 Å². The minimum Gasteiger partial charge on any atom is -0.493 e. The number of carbonyl (C=O) groups is 2. The number of esters is 2. The minimum atomic E-state index is -0.478. The Kier molecular flexibility index (Phi) is 6.60. The molecule has 0 saturated carbocycles. The van der Waals surface area contributed by atoms with Crippen LogP contribution in [0.3, 0.4) is 0 Å². The molecule has 0 unspecified atom stereocenters. The van der Waals surface area contributed by atoms with Crippen molar-refractivity contribution in [1.29, 1.82) is 0 Å². The number of hydrogen-bond acceptors (Lipinski definition) is 6. The Balaban J connectivity index is 1.98. The van der Waals surface area contributed by atoms with Crippen LogP contribution in [0.25, 0.3) is 0 Å². The van der Waals surface area contributed by atoms with Crippen LogP contribution in [0.4, 0.5) is 0 Å². The third-order valence-corrected chi connectivity index (χ3v) is 3.52. The summed E-state index contributed by atoms with van der Waals surface area (Å²) < 4.78 is 20.7. The van der Waals surface area contributed by atoms with Gasteiger partial charge in [0.05, 0.1) is 31.5 Å². The molecule has 26 heavy (non-hydrogen) atoms. The van der Waals surface area contributed by atoms with E-state index in [1.165, 1.54) is 14.2 Å². The molecule has 2 aromatic carbocycles. The first-order valence-electron chi connectivity index (χ1n) is 8.13. The van der Waals surface area contributed by atoms with Crippen molar-refractivity contribution in [2.45, 2.75) is 26.6 Å². The Morgan fingerprint density at radius 3 is 2.04 bits per heavy atom. The van der Waals surface area contributed by atoms with Crippen LogP contribution in [0, 0.1) is 0 Å². The monoisotopic (exact) mass is 358 g/mol. The standard InChI is InChI=1S/C20H22O6/c1-13(2)26-20(22)15-7-5-14(6-8-15)12-25-19(21)16-9-10-17(23-3)18(11-16)24-4/h5-11,13H,12H2,1-4H3. The largest absolute Gasteiger partial charge is 0.493 e.